The average molecular weight is 395 g/mol. The van der Waals surface area contributed by atoms with Crippen LogP contribution in [-0.4, -0.2) is 40.2 Å². The van der Waals surface area contributed by atoms with Crippen molar-refractivity contribution in [1.82, 2.24) is 15.0 Å². The minimum absolute atomic E-state index is 0.0152. The van der Waals surface area contributed by atoms with Gasteiger partial charge in [0.1, 0.15) is 6.10 Å². The van der Waals surface area contributed by atoms with Crippen LogP contribution in [0, 0.1) is 5.92 Å². The Morgan fingerprint density at radius 1 is 1.18 bits per heavy atom. The summed E-state index contributed by atoms with van der Waals surface area (Å²) in [7, 11) is 0. The van der Waals surface area contributed by atoms with Crippen molar-refractivity contribution < 1.29 is 27.2 Å². The van der Waals surface area contributed by atoms with E-state index in [2.05, 4.69) is 14.7 Å². The van der Waals surface area contributed by atoms with Crippen molar-refractivity contribution in [2.45, 2.75) is 44.5 Å². The molecule has 1 aromatic heterocycles. The van der Waals surface area contributed by atoms with Gasteiger partial charge in [-0.3, -0.25) is 4.79 Å². The number of hydrogen-bond donors (Lipinski definition) is 0. The summed E-state index contributed by atoms with van der Waals surface area (Å²) in [6, 6.07) is 6.79. The smallest absolute Gasteiger partial charge is 0.368 e. The molecule has 2 aromatic rings. The summed E-state index contributed by atoms with van der Waals surface area (Å²) in [6.07, 6.45) is -1.12. The Kier molecular flexibility index (Phi) is 5.09. The molecule has 1 saturated heterocycles. The first-order valence-corrected chi connectivity index (χ1v) is 9.31. The van der Waals surface area contributed by atoms with E-state index in [1.165, 1.54) is 0 Å². The van der Waals surface area contributed by atoms with Crippen molar-refractivity contribution in [3.63, 3.8) is 0 Å². The number of ether oxygens (including phenoxy) is 1. The summed E-state index contributed by atoms with van der Waals surface area (Å²) < 4.78 is 47.6. The molecule has 1 aliphatic heterocycles. The number of amides is 1. The molecule has 1 unspecified atom stereocenters. The first-order valence-electron chi connectivity index (χ1n) is 9.31. The lowest BCUT2D eigenvalue weighted by Crippen LogP contribution is -2.39. The summed E-state index contributed by atoms with van der Waals surface area (Å²) in [5, 5.41) is 3.38. The number of aromatic nitrogens is 2. The standard InChI is InChI=1S/C19H20F3N3O3/c20-19(21,22)18-23-16(24-28-18)14-7-5-13(6-8-14)11-25(10-12-3-4-12)17(26)15-2-1-9-27-15/h5-8,12,15H,1-4,9-11H2. The summed E-state index contributed by atoms with van der Waals surface area (Å²) in [5.41, 5.74) is 1.30. The molecule has 1 amide bonds. The second kappa shape index (κ2) is 7.54. The van der Waals surface area contributed by atoms with Gasteiger partial charge in [0, 0.05) is 25.3 Å². The molecular weight excluding hydrogens is 375 g/mol. The second-order valence-electron chi connectivity index (χ2n) is 7.28. The van der Waals surface area contributed by atoms with Crippen LogP contribution < -0.4 is 0 Å². The molecule has 0 spiro atoms. The van der Waals surface area contributed by atoms with Crippen LogP contribution in [0.2, 0.25) is 0 Å². The molecule has 150 valence electrons. The summed E-state index contributed by atoms with van der Waals surface area (Å²) in [4.78, 5) is 18.0. The maximum atomic E-state index is 12.8. The highest BCUT2D eigenvalue weighted by Crippen LogP contribution is 2.32. The van der Waals surface area contributed by atoms with Gasteiger partial charge < -0.3 is 14.2 Å². The topological polar surface area (TPSA) is 68.5 Å². The Balaban J connectivity index is 1.45. The van der Waals surface area contributed by atoms with Gasteiger partial charge >= 0.3 is 12.1 Å². The second-order valence-corrected chi connectivity index (χ2v) is 7.28. The van der Waals surface area contributed by atoms with Crippen molar-refractivity contribution >= 4 is 5.91 Å². The molecule has 0 bridgehead atoms. The fourth-order valence-electron chi connectivity index (χ4n) is 3.26. The number of carbonyl (C=O) groups is 1. The van der Waals surface area contributed by atoms with Gasteiger partial charge in [0.2, 0.25) is 5.82 Å². The van der Waals surface area contributed by atoms with E-state index in [0.29, 0.717) is 31.2 Å². The molecule has 1 saturated carbocycles. The lowest BCUT2D eigenvalue weighted by molar-refractivity contribution is -0.159. The van der Waals surface area contributed by atoms with Gasteiger partial charge in [-0.15, -0.1) is 0 Å². The normalized spacial score (nSPS) is 19.8. The third-order valence-corrected chi connectivity index (χ3v) is 4.95. The van der Waals surface area contributed by atoms with E-state index in [9.17, 15) is 18.0 Å². The van der Waals surface area contributed by atoms with Crippen LogP contribution in [0.25, 0.3) is 11.4 Å². The number of rotatable bonds is 6. The van der Waals surface area contributed by atoms with E-state index in [1.807, 2.05) is 4.90 Å². The molecule has 0 radical (unpaired) electrons. The first kappa shape index (κ1) is 18.9. The number of halogens is 3. The molecular formula is C19H20F3N3O3. The van der Waals surface area contributed by atoms with Crippen molar-refractivity contribution in [2.24, 2.45) is 5.92 Å². The lowest BCUT2D eigenvalue weighted by atomic mass is 10.1. The third kappa shape index (κ3) is 4.35. The summed E-state index contributed by atoms with van der Waals surface area (Å²) in [5.74, 6) is -0.931. The highest BCUT2D eigenvalue weighted by Gasteiger charge is 2.38. The number of hydrogen-bond acceptors (Lipinski definition) is 5. The Hall–Kier alpha value is -2.42. The molecule has 4 rings (SSSR count). The number of carbonyl (C=O) groups excluding carboxylic acids is 1. The van der Waals surface area contributed by atoms with Crippen LogP contribution in [0.1, 0.15) is 37.1 Å². The van der Waals surface area contributed by atoms with Crippen LogP contribution in [0.15, 0.2) is 28.8 Å². The number of benzene rings is 1. The Morgan fingerprint density at radius 3 is 2.50 bits per heavy atom. The predicted molar refractivity (Wildman–Crippen MR) is 91.9 cm³/mol. The fourth-order valence-corrected chi connectivity index (χ4v) is 3.26. The van der Waals surface area contributed by atoms with E-state index in [-0.39, 0.29) is 17.8 Å². The van der Waals surface area contributed by atoms with E-state index >= 15 is 0 Å². The molecule has 1 aliphatic carbocycles. The molecule has 1 aromatic carbocycles. The maximum absolute atomic E-state index is 12.8. The Morgan fingerprint density at radius 2 is 1.93 bits per heavy atom. The van der Waals surface area contributed by atoms with E-state index in [0.717, 1.165) is 31.2 Å². The monoisotopic (exact) mass is 395 g/mol. The molecule has 0 N–H and O–H groups in total. The van der Waals surface area contributed by atoms with Crippen molar-refractivity contribution in [3.05, 3.63) is 35.7 Å². The molecule has 2 fully saturated rings. The largest absolute Gasteiger partial charge is 0.471 e. The van der Waals surface area contributed by atoms with Gasteiger partial charge in [-0.05, 0) is 37.2 Å². The summed E-state index contributed by atoms with van der Waals surface area (Å²) in [6.45, 7) is 1.77. The zero-order valence-corrected chi connectivity index (χ0v) is 15.1. The van der Waals surface area contributed by atoms with Crippen molar-refractivity contribution in [2.75, 3.05) is 13.2 Å². The molecule has 2 heterocycles. The van der Waals surface area contributed by atoms with E-state index in [4.69, 9.17) is 4.74 Å². The van der Waals surface area contributed by atoms with Crippen molar-refractivity contribution in [3.8, 4) is 11.4 Å². The van der Waals surface area contributed by atoms with Crippen molar-refractivity contribution in [1.29, 1.82) is 0 Å². The molecule has 9 heteroatoms. The minimum Gasteiger partial charge on any atom is -0.368 e. The van der Waals surface area contributed by atoms with Crippen LogP contribution in [0.3, 0.4) is 0 Å². The molecule has 6 nitrogen and oxygen atoms in total. The Bertz CT molecular complexity index is 825. The van der Waals surface area contributed by atoms with Gasteiger partial charge in [0.25, 0.3) is 5.91 Å². The zero-order chi connectivity index (χ0) is 19.7. The molecule has 1 atom stereocenters. The van der Waals surface area contributed by atoms with Crippen LogP contribution >= 0.6 is 0 Å². The molecule has 2 aliphatic rings. The first-order chi connectivity index (χ1) is 13.4. The Labute approximate surface area is 159 Å². The van der Waals surface area contributed by atoms with E-state index in [1.54, 1.807) is 24.3 Å². The zero-order valence-electron chi connectivity index (χ0n) is 15.1. The number of nitrogens with zero attached hydrogens (tertiary/aromatic N) is 3. The van der Waals surface area contributed by atoms with Crippen LogP contribution in [0.5, 0.6) is 0 Å². The van der Waals surface area contributed by atoms with Gasteiger partial charge in [0.15, 0.2) is 0 Å². The van der Waals surface area contributed by atoms with Gasteiger partial charge in [-0.2, -0.15) is 18.2 Å². The summed E-state index contributed by atoms with van der Waals surface area (Å²) >= 11 is 0. The predicted octanol–water partition coefficient (Wildman–Crippen LogP) is 3.67. The van der Waals surface area contributed by atoms with E-state index < -0.39 is 12.1 Å². The van der Waals surface area contributed by atoms with Gasteiger partial charge in [-0.25, -0.2) is 0 Å². The van der Waals surface area contributed by atoms with Crippen LogP contribution in [0.4, 0.5) is 13.2 Å². The maximum Gasteiger partial charge on any atom is 0.471 e. The third-order valence-electron chi connectivity index (χ3n) is 4.95. The quantitative estimate of drug-likeness (QED) is 0.747. The molecule has 28 heavy (non-hydrogen) atoms. The van der Waals surface area contributed by atoms with Gasteiger partial charge in [0.05, 0.1) is 0 Å². The number of alkyl halides is 3. The minimum atomic E-state index is -4.67. The van der Waals surface area contributed by atoms with Crippen LogP contribution in [-0.2, 0) is 22.3 Å². The highest BCUT2D eigenvalue weighted by molar-refractivity contribution is 5.81. The fraction of sp³-hybridized carbons (Fsp3) is 0.526. The average Bonchev–Trinajstić information content (AvgIpc) is 3.14. The SMILES string of the molecule is O=C(C1CCCO1)N(Cc1ccc(-c2noc(C(F)(F)F)n2)cc1)CC1CC1. The lowest BCUT2D eigenvalue weighted by Gasteiger charge is -2.25. The van der Waals surface area contributed by atoms with Gasteiger partial charge in [-0.1, -0.05) is 29.4 Å². The highest BCUT2D eigenvalue weighted by atomic mass is 19.4.